The molecule has 1 amide bonds. The number of nitrogens with zero attached hydrogens (tertiary/aromatic N) is 1. The summed E-state index contributed by atoms with van der Waals surface area (Å²) >= 11 is 0. The van der Waals surface area contributed by atoms with Crippen LogP contribution in [0.5, 0.6) is 0 Å². The monoisotopic (exact) mass is 197 g/mol. The average molecular weight is 197 g/mol. The SMILES string of the molecule is CC1C(=O)N2C(C)CCC2CC1CO. The van der Waals surface area contributed by atoms with Crippen LogP contribution in [0.25, 0.3) is 0 Å². The molecule has 2 saturated heterocycles. The predicted octanol–water partition coefficient (Wildman–Crippen LogP) is 1.01. The Balaban J connectivity index is 2.17. The Morgan fingerprint density at radius 2 is 2.14 bits per heavy atom. The van der Waals surface area contributed by atoms with Gasteiger partial charge in [-0.2, -0.15) is 0 Å². The van der Waals surface area contributed by atoms with Crippen molar-refractivity contribution in [3.8, 4) is 0 Å². The van der Waals surface area contributed by atoms with Gasteiger partial charge in [0.15, 0.2) is 0 Å². The molecule has 4 atom stereocenters. The number of hydrogen-bond acceptors (Lipinski definition) is 2. The lowest BCUT2D eigenvalue weighted by molar-refractivity contribution is -0.145. The molecule has 0 bridgehead atoms. The quantitative estimate of drug-likeness (QED) is 0.681. The van der Waals surface area contributed by atoms with Crippen molar-refractivity contribution in [3.05, 3.63) is 0 Å². The molecule has 0 aromatic carbocycles. The summed E-state index contributed by atoms with van der Waals surface area (Å²) < 4.78 is 0. The van der Waals surface area contributed by atoms with E-state index in [1.54, 1.807) is 0 Å². The van der Waals surface area contributed by atoms with Gasteiger partial charge in [-0.3, -0.25) is 4.79 Å². The van der Waals surface area contributed by atoms with Gasteiger partial charge >= 0.3 is 0 Å². The van der Waals surface area contributed by atoms with Crippen LogP contribution in [-0.2, 0) is 4.79 Å². The number of fused-ring (bicyclic) bond motifs is 1. The lowest BCUT2D eigenvalue weighted by atomic mass is 9.83. The molecule has 0 aliphatic carbocycles. The first-order chi connectivity index (χ1) is 6.65. The molecule has 2 aliphatic heterocycles. The molecular formula is C11H19NO2. The minimum Gasteiger partial charge on any atom is -0.396 e. The van der Waals surface area contributed by atoms with Gasteiger partial charge in [-0.25, -0.2) is 0 Å². The van der Waals surface area contributed by atoms with Gasteiger partial charge in [0.25, 0.3) is 0 Å². The smallest absolute Gasteiger partial charge is 0.226 e. The molecule has 2 aliphatic rings. The fraction of sp³-hybridized carbons (Fsp3) is 0.909. The van der Waals surface area contributed by atoms with E-state index in [2.05, 4.69) is 11.8 Å². The van der Waals surface area contributed by atoms with Crippen LogP contribution >= 0.6 is 0 Å². The molecule has 3 nitrogen and oxygen atoms in total. The number of aliphatic hydroxyl groups excluding tert-OH is 1. The molecule has 1 N–H and O–H groups in total. The second-order valence-corrected chi connectivity index (χ2v) is 4.79. The standard InChI is InChI=1S/C11H19NO2/c1-7-3-4-10-5-9(6-13)8(2)11(14)12(7)10/h7-10,13H,3-6H2,1-2H3. The highest BCUT2D eigenvalue weighted by Gasteiger charge is 2.43. The van der Waals surface area contributed by atoms with Crippen molar-refractivity contribution in [2.24, 2.45) is 11.8 Å². The summed E-state index contributed by atoms with van der Waals surface area (Å²) in [4.78, 5) is 14.1. The average Bonchev–Trinajstić information content (AvgIpc) is 2.54. The summed E-state index contributed by atoms with van der Waals surface area (Å²) in [5.74, 6) is 0.455. The molecular weight excluding hydrogens is 178 g/mol. The van der Waals surface area contributed by atoms with Gasteiger partial charge in [0, 0.05) is 24.6 Å². The van der Waals surface area contributed by atoms with Crippen molar-refractivity contribution in [2.75, 3.05) is 6.61 Å². The van der Waals surface area contributed by atoms with E-state index in [4.69, 9.17) is 0 Å². The van der Waals surface area contributed by atoms with Gasteiger partial charge < -0.3 is 10.0 Å². The summed E-state index contributed by atoms with van der Waals surface area (Å²) in [7, 11) is 0. The third-order valence-corrected chi connectivity index (χ3v) is 3.95. The largest absolute Gasteiger partial charge is 0.396 e. The van der Waals surface area contributed by atoms with Gasteiger partial charge in [-0.05, 0) is 32.1 Å². The Hall–Kier alpha value is -0.570. The Morgan fingerprint density at radius 1 is 1.43 bits per heavy atom. The highest BCUT2D eigenvalue weighted by atomic mass is 16.3. The molecule has 4 unspecified atom stereocenters. The first kappa shape index (κ1) is 9.97. The second-order valence-electron chi connectivity index (χ2n) is 4.79. The van der Waals surface area contributed by atoms with Gasteiger partial charge in [0.2, 0.25) is 5.91 Å². The van der Waals surface area contributed by atoms with E-state index in [1.807, 2.05) is 6.92 Å². The normalized spacial score (nSPS) is 42.8. The maximum Gasteiger partial charge on any atom is 0.226 e. The van der Waals surface area contributed by atoms with Gasteiger partial charge in [0.1, 0.15) is 0 Å². The van der Waals surface area contributed by atoms with Crippen molar-refractivity contribution in [2.45, 2.75) is 45.2 Å². The summed E-state index contributed by atoms with van der Waals surface area (Å²) in [6.45, 7) is 4.24. The highest BCUT2D eigenvalue weighted by molar-refractivity contribution is 5.80. The third kappa shape index (κ3) is 1.34. The van der Waals surface area contributed by atoms with E-state index in [-0.39, 0.29) is 24.3 Å². The molecule has 0 aromatic rings. The Morgan fingerprint density at radius 3 is 2.79 bits per heavy atom. The molecule has 2 rings (SSSR count). The maximum absolute atomic E-state index is 12.0. The highest BCUT2D eigenvalue weighted by Crippen LogP contribution is 2.37. The molecule has 2 heterocycles. The Bertz CT molecular complexity index is 241. The number of carbonyl (C=O) groups excluding carboxylic acids is 1. The topological polar surface area (TPSA) is 40.5 Å². The molecule has 0 radical (unpaired) electrons. The number of hydrogen-bond donors (Lipinski definition) is 1. The molecule has 2 fully saturated rings. The van der Waals surface area contributed by atoms with Crippen LogP contribution in [0.3, 0.4) is 0 Å². The summed E-state index contributed by atoms with van der Waals surface area (Å²) in [6, 6.07) is 0.820. The fourth-order valence-corrected chi connectivity index (χ4v) is 2.92. The predicted molar refractivity (Wildman–Crippen MR) is 53.7 cm³/mol. The molecule has 0 saturated carbocycles. The number of piperidine rings is 1. The zero-order valence-corrected chi connectivity index (χ0v) is 8.94. The van der Waals surface area contributed by atoms with Gasteiger partial charge in [-0.1, -0.05) is 6.92 Å². The summed E-state index contributed by atoms with van der Waals surface area (Å²) in [5.41, 5.74) is 0. The number of amides is 1. The van der Waals surface area contributed by atoms with E-state index in [0.29, 0.717) is 12.1 Å². The minimum atomic E-state index is 0.0109. The summed E-state index contributed by atoms with van der Waals surface area (Å²) in [5, 5.41) is 9.19. The van der Waals surface area contributed by atoms with Crippen molar-refractivity contribution < 1.29 is 9.90 Å². The lowest BCUT2D eigenvalue weighted by Gasteiger charge is -2.40. The Kier molecular flexibility index (Phi) is 2.52. The maximum atomic E-state index is 12.0. The second kappa shape index (κ2) is 3.54. The van der Waals surface area contributed by atoms with Crippen LogP contribution < -0.4 is 0 Å². The fourth-order valence-electron chi connectivity index (χ4n) is 2.92. The van der Waals surface area contributed by atoms with Gasteiger partial charge in [0.05, 0.1) is 0 Å². The van der Waals surface area contributed by atoms with Crippen molar-refractivity contribution in [3.63, 3.8) is 0 Å². The lowest BCUT2D eigenvalue weighted by Crippen LogP contribution is -2.50. The number of aliphatic hydroxyl groups is 1. The van der Waals surface area contributed by atoms with Crippen LogP contribution in [0.4, 0.5) is 0 Å². The van der Waals surface area contributed by atoms with Crippen molar-refractivity contribution in [1.82, 2.24) is 4.90 Å². The van der Waals surface area contributed by atoms with Crippen LogP contribution in [0.1, 0.15) is 33.1 Å². The molecule has 14 heavy (non-hydrogen) atoms. The van der Waals surface area contributed by atoms with E-state index >= 15 is 0 Å². The number of carbonyl (C=O) groups is 1. The van der Waals surface area contributed by atoms with E-state index < -0.39 is 0 Å². The van der Waals surface area contributed by atoms with E-state index in [1.165, 1.54) is 0 Å². The molecule has 0 spiro atoms. The van der Waals surface area contributed by atoms with Crippen LogP contribution in [0.15, 0.2) is 0 Å². The first-order valence-electron chi connectivity index (χ1n) is 5.58. The van der Waals surface area contributed by atoms with Gasteiger partial charge in [-0.15, -0.1) is 0 Å². The number of rotatable bonds is 1. The first-order valence-corrected chi connectivity index (χ1v) is 5.58. The zero-order chi connectivity index (χ0) is 10.3. The van der Waals surface area contributed by atoms with E-state index in [9.17, 15) is 9.90 Å². The van der Waals surface area contributed by atoms with Crippen LogP contribution in [0.2, 0.25) is 0 Å². The van der Waals surface area contributed by atoms with E-state index in [0.717, 1.165) is 19.3 Å². The molecule has 3 heteroatoms. The molecule has 0 aromatic heterocycles. The third-order valence-electron chi connectivity index (χ3n) is 3.95. The van der Waals surface area contributed by atoms with Crippen molar-refractivity contribution in [1.29, 1.82) is 0 Å². The van der Waals surface area contributed by atoms with Crippen molar-refractivity contribution >= 4 is 5.91 Å². The van der Waals surface area contributed by atoms with Crippen LogP contribution in [-0.4, -0.2) is 34.6 Å². The minimum absolute atomic E-state index is 0.0109. The Labute approximate surface area is 85.1 Å². The van der Waals surface area contributed by atoms with Crippen LogP contribution in [0, 0.1) is 11.8 Å². The molecule has 80 valence electrons. The summed E-state index contributed by atoms with van der Waals surface area (Å²) in [6.07, 6.45) is 3.24. The zero-order valence-electron chi connectivity index (χ0n) is 8.94.